The van der Waals surface area contributed by atoms with Gasteiger partial charge in [-0.1, -0.05) is 36.2 Å². The van der Waals surface area contributed by atoms with Crippen molar-refractivity contribution in [1.82, 2.24) is 4.98 Å². The highest BCUT2D eigenvalue weighted by Crippen LogP contribution is 2.39. The van der Waals surface area contributed by atoms with Gasteiger partial charge < -0.3 is 10.1 Å². The Bertz CT molecular complexity index is 1390. The summed E-state index contributed by atoms with van der Waals surface area (Å²) in [5.74, 6) is -0.643. The fourth-order valence-electron chi connectivity index (χ4n) is 4.36. The number of nitrogens with one attached hydrogen (secondary N) is 1. The van der Waals surface area contributed by atoms with Crippen molar-refractivity contribution in [3.63, 3.8) is 0 Å². The van der Waals surface area contributed by atoms with E-state index < -0.39 is 0 Å². The smallest absolute Gasteiger partial charge is 0.341 e. The number of aryl methyl sites for hydroxylation is 1. The maximum atomic E-state index is 13.6. The molecule has 34 heavy (non-hydrogen) atoms. The number of fused-ring (bicyclic) bond motifs is 2. The highest BCUT2D eigenvalue weighted by molar-refractivity contribution is 7.19. The number of amides is 1. The number of aromatic nitrogens is 1. The van der Waals surface area contributed by atoms with E-state index in [-0.39, 0.29) is 11.9 Å². The maximum Gasteiger partial charge on any atom is 0.341 e. The molecule has 0 atom stereocenters. The monoisotopic (exact) mass is 510 g/mol. The third-order valence-corrected chi connectivity index (χ3v) is 8.38. The number of ether oxygens (including phenoxy) is 1. The first-order valence-corrected chi connectivity index (χ1v) is 13.3. The molecule has 1 aliphatic carbocycles. The standard InChI is InChI=1S/C26H23ClN2O3S2/c1-2-32-26(31)23-16-9-4-3-5-11-20(16)34-25(23)29-24(30)17-14-19(21-12-13-22(27)33-21)28-18-10-7-6-8-15(17)18/h6-8,10,12-14H,2-5,9,11H2,1H3,(H,29,30). The van der Waals surface area contributed by atoms with E-state index in [1.165, 1.54) is 27.6 Å². The minimum Gasteiger partial charge on any atom is -0.462 e. The number of halogens is 1. The molecule has 0 saturated carbocycles. The summed E-state index contributed by atoms with van der Waals surface area (Å²) < 4.78 is 6.03. The van der Waals surface area contributed by atoms with E-state index in [0.717, 1.165) is 53.4 Å². The predicted octanol–water partition coefficient (Wildman–Crippen LogP) is 7.38. The lowest BCUT2D eigenvalue weighted by molar-refractivity contribution is 0.0527. The van der Waals surface area contributed by atoms with Crippen LogP contribution < -0.4 is 5.32 Å². The topological polar surface area (TPSA) is 68.3 Å². The summed E-state index contributed by atoms with van der Waals surface area (Å²) >= 11 is 9.06. The Balaban J connectivity index is 1.57. The maximum absolute atomic E-state index is 13.6. The van der Waals surface area contributed by atoms with Gasteiger partial charge in [0.2, 0.25) is 0 Å². The number of esters is 1. The van der Waals surface area contributed by atoms with Gasteiger partial charge in [0.05, 0.1) is 38.2 Å². The lowest BCUT2D eigenvalue weighted by Gasteiger charge is -2.11. The molecule has 1 aromatic carbocycles. The third-order valence-electron chi connectivity index (χ3n) is 5.91. The Hall–Kier alpha value is -2.74. The molecule has 1 aliphatic rings. The summed E-state index contributed by atoms with van der Waals surface area (Å²) in [6.45, 7) is 2.08. The Morgan fingerprint density at radius 1 is 1.09 bits per heavy atom. The number of thiophene rings is 2. The predicted molar refractivity (Wildman–Crippen MR) is 140 cm³/mol. The van der Waals surface area contributed by atoms with Crippen molar-refractivity contribution in [2.45, 2.75) is 39.0 Å². The summed E-state index contributed by atoms with van der Waals surface area (Å²) in [6.07, 6.45) is 5.01. The number of para-hydroxylation sites is 1. The molecule has 0 unspecified atom stereocenters. The van der Waals surface area contributed by atoms with E-state index in [2.05, 4.69) is 5.32 Å². The largest absolute Gasteiger partial charge is 0.462 e. The molecule has 1 amide bonds. The van der Waals surface area contributed by atoms with Gasteiger partial charge in [-0.05, 0) is 62.4 Å². The lowest BCUT2D eigenvalue weighted by Crippen LogP contribution is -2.16. The minimum atomic E-state index is -0.370. The molecular weight excluding hydrogens is 488 g/mol. The molecule has 0 radical (unpaired) electrons. The Morgan fingerprint density at radius 2 is 1.91 bits per heavy atom. The fraction of sp³-hybridized carbons (Fsp3) is 0.269. The number of anilines is 1. The zero-order valence-corrected chi connectivity index (χ0v) is 21.0. The van der Waals surface area contributed by atoms with E-state index in [1.54, 1.807) is 13.0 Å². The van der Waals surface area contributed by atoms with Crippen LogP contribution in [0.3, 0.4) is 0 Å². The third kappa shape index (κ3) is 4.48. The van der Waals surface area contributed by atoms with Gasteiger partial charge in [-0.3, -0.25) is 4.79 Å². The second kappa shape index (κ2) is 9.86. The van der Waals surface area contributed by atoms with Crippen molar-refractivity contribution < 1.29 is 14.3 Å². The molecule has 0 saturated heterocycles. The summed E-state index contributed by atoms with van der Waals surface area (Å²) in [6, 6.07) is 13.1. The van der Waals surface area contributed by atoms with Crippen LogP contribution in [0.1, 0.15) is 57.3 Å². The van der Waals surface area contributed by atoms with Crippen LogP contribution in [0.25, 0.3) is 21.5 Å². The Labute approximate surface area is 210 Å². The van der Waals surface area contributed by atoms with Gasteiger partial charge in [0.25, 0.3) is 5.91 Å². The second-order valence-electron chi connectivity index (χ2n) is 8.12. The minimum absolute atomic E-state index is 0.274. The van der Waals surface area contributed by atoms with Crippen molar-refractivity contribution in [2.24, 2.45) is 0 Å². The Kier molecular flexibility index (Phi) is 6.68. The van der Waals surface area contributed by atoms with Crippen LogP contribution in [0.15, 0.2) is 42.5 Å². The van der Waals surface area contributed by atoms with Gasteiger partial charge in [-0.25, -0.2) is 9.78 Å². The molecule has 5 rings (SSSR count). The van der Waals surface area contributed by atoms with Crippen molar-refractivity contribution in [3.05, 3.63) is 68.4 Å². The molecule has 1 N–H and O–H groups in total. The van der Waals surface area contributed by atoms with E-state index in [9.17, 15) is 9.59 Å². The van der Waals surface area contributed by atoms with Crippen LogP contribution in [0.2, 0.25) is 4.34 Å². The Morgan fingerprint density at radius 3 is 2.71 bits per heavy atom. The number of carbonyl (C=O) groups is 2. The van der Waals surface area contributed by atoms with Crippen molar-refractivity contribution in [3.8, 4) is 10.6 Å². The fourth-order valence-corrected chi connectivity index (χ4v) is 6.64. The van der Waals surface area contributed by atoms with E-state index in [1.807, 2.05) is 36.4 Å². The summed E-state index contributed by atoms with van der Waals surface area (Å²) in [7, 11) is 0. The first-order valence-electron chi connectivity index (χ1n) is 11.3. The van der Waals surface area contributed by atoms with Gasteiger partial charge in [0, 0.05) is 10.3 Å². The molecule has 0 spiro atoms. The van der Waals surface area contributed by atoms with E-state index >= 15 is 0 Å². The molecule has 5 nitrogen and oxygen atoms in total. The van der Waals surface area contributed by atoms with E-state index in [4.69, 9.17) is 21.3 Å². The van der Waals surface area contributed by atoms with Gasteiger partial charge in [0.15, 0.2) is 0 Å². The number of hydrogen-bond donors (Lipinski definition) is 1. The molecule has 8 heteroatoms. The SMILES string of the molecule is CCOC(=O)c1c(NC(=O)c2cc(-c3ccc(Cl)s3)nc3ccccc23)sc2c1CCCCC2. The molecule has 3 aromatic heterocycles. The van der Waals surface area contributed by atoms with Crippen LogP contribution in [-0.4, -0.2) is 23.5 Å². The number of carbonyl (C=O) groups excluding carboxylic acids is 2. The normalized spacial score (nSPS) is 13.4. The van der Waals surface area contributed by atoms with Crippen LogP contribution >= 0.6 is 34.3 Å². The van der Waals surface area contributed by atoms with Crippen LogP contribution in [0, 0.1) is 0 Å². The van der Waals surface area contributed by atoms with E-state index in [0.29, 0.717) is 32.8 Å². The molecular formula is C26H23ClN2O3S2. The highest BCUT2D eigenvalue weighted by Gasteiger charge is 2.27. The number of pyridine rings is 1. The number of rotatable bonds is 5. The quantitative estimate of drug-likeness (QED) is 0.225. The summed E-state index contributed by atoms with van der Waals surface area (Å²) in [4.78, 5) is 33.3. The van der Waals surface area contributed by atoms with Gasteiger partial charge >= 0.3 is 5.97 Å². The average Bonchev–Trinajstić information content (AvgIpc) is 3.34. The van der Waals surface area contributed by atoms with Crippen LogP contribution in [0.5, 0.6) is 0 Å². The molecule has 174 valence electrons. The molecule has 0 aliphatic heterocycles. The number of hydrogen-bond acceptors (Lipinski definition) is 6. The van der Waals surface area contributed by atoms with Gasteiger partial charge in [-0.15, -0.1) is 22.7 Å². The average molecular weight is 511 g/mol. The number of benzene rings is 1. The summed E-state index contributed by atoms with van der Waals surface area (Å²) in [5, 5.41) is 4.37. The van der Waals surface area contributed by atoms with Gasteiger partial charge in [0.1, 0.15) is 5.00 Å². The molecule has 0 bridgehead atoms. The summed E-state index contributed by atoms with van der Waals surface area (Å²) in [5.41, 5.74) is 3.46. The molecule has 4 aromatic rings. The van der Waals surface area contributed by atoms with Crippen molar-refractivity contribution in [1.29, 1.82) is 0 Å². The lowest BCUT2D eigenvalue weighted by atomic mass is 10.0. The first-order chi connectivity index (χ1) is 16.5. The van der Waals surface area contributed by atoms with Crippen LogP contribution in [0.4, 0.5) is 5.00 Å². The van der Waals surface area contributed by atoms with Crippen molar-refractivity contribution >= 4 is 62.1 Å². The highest BCUT2D eigenvalue weighted by atomic mass is 35.5. The molecule has 0 fully saturated rings. The van der Waals surface area contributed by atoms with Crippen molar-refractivity contribution in [2.75, 3.05) is 11.9 Å². The zero-order valence-electron chi connectivity index (χ0n) is 18.7. The zero-order chi connectivity index (χ0) is 23.7. The molecule has 3 heterocycles. The number of nitrogens with zero attached hydrogens (tertiary/aromatic N) is 1. The first kappa shape index (κ1) is 23.0. The van der Waals surface area contributed by atoms with Crippen LogP contribution in [-0.2, 0) is 17.6 Å². The van der Waals surface area contributed by atoms with Gasteiger partial charge in [-0.2, -0.15) is 0 Å². The second-order valence-corrected chi connectivity index (χ2v) is 10.9.